The molecule has 0 saturated carbocycles. The number of thiazole rings is 1. The predicted molar refractivity (Wildman–Crippen MR) is 96.4 cm³/mol. The predicted octanol–water partition coefficient (Wildman–Crippen LogP) is 3.76. The van der Waals surface area contributed by atoms with Crippen molar-refractivity contribution in [2.24, 2.45) is 0 Å². The van der Waals surface area contributed by atoms with Crippen molar-refractivity contribution < 1.29 is 18.0 Å². The zero-order chi connectivity index (χ0) is 19.0. The van der Waals surface area contributed by atoms with Crippen LogP contribution >= 0.6 is 23.1 Å². The molecule has 0 radical (unpaired) electrons. The van der Waals surface area contributed by atoms with Gasteiger partial charge in [-0.1, -0.05) is 29.5 Å². The van der Waals surface area contributed by atoms with Gasteiger partial charge in [0.1, 0.15) is 11.3 Å². The summed E-state index contributed by atoms with van der Waals surface area (Å²) >= 11 is 2.13. The van der Waals surface area contributed by atoms with E-state index in [4.69, 9.17) is 0 Å². The van der Waals surface area contributed by atoms with Gasteiger partial charge in [-0.25, -0.2) is 18.2 Å². The van der Waals surface area contributed by atoms with Crippen LogP contribution in [0.5, 0.6) is 0 Å². The minimum absolute atomic E-state index is 0.0687. The number of carbonyl (C=O) groups is 1. The molecule has 0 atom stereocenters. The fourth-order valence-electron chi connectivity index (χ4n) is 2.88. The second kappa shape index (κ2) is 7.47. The Morgan fingerprint density at radius 3 is 2.93 bits per heavy atom. The molecule has 1 aliphatic heterocycles. The van der Waals surface area contributed by atoms with E-state index < -0.39 is 17.5 Å². The zero-order valence-corrected chi connectivity index (χ0v) is 15.6. The molecule has 1 amide bonds. The first-order valence-electron chi connectivity index (χ1n) is 8.31. The van der Waals surface area contributed by atoms with Crippen molar-refractivity contribution in [1.29, 1.82) is 0 Å². The first-order valence-corrected chi connectivity index (χ1v) is 10.1. The van der Waals surface area contributed by atoms with E-state index in [-0.39, 0.29) is 27.0 Å². The molecule has 4 rings (SSSR count). The number of nitrogens with one attached hydrogen (secondary N) is 1. The molecular weight excluding hydrogens is 399 g/mol. The smallest absolute Gasteiger partial charge is 0.236 e. The summed E-state index contributed by atoms with van der Waals surface area (Å²) in [6.45, 7) is 0.834. The molecule has 142 valence electrons. The number of aryl methyl sites for hydroxylation is 1. The van der Waals surface area contributed by atoms with E-state index in [0.29, 0.717) is 5.16 Å². The van der Waals surface area contributed by atoms with Crippen LogP contribution in [0.2, 0.25) is 0 Å². The quantitative estimate of drug-likeness (QED) is 0.521. The molecule has 3 heterocycles. The number of hydrogen-bond donors (Lipinski definition) is 1. The molecule has 0 saturated heterocycles. The maximum absolute atomic E-state index is 13.7. The van der Waals surface area contributed by atoms with Crippen LogP contribution in [0.4, 0.5) is 18.3 Å². The number of nitrogens with zero attached hydrogens (tertiary/aromatic N) is 4. The van der Waals surface area contributed by atoms with Crippen molar-refractivity contribution in [2.45, 2.75) is 37.4 Å². The average Bonchev–Trinajstić information content (AvgIpc) is 3.13. The normalized spacial score (nSPS) is 14.2. The number of fused-ring (bicyclic) bond motifs is 2. The lowest BCUT2D eigenvalue weighted by Crippen LogP contribution is -2.14. The van der Waals surface area contributed by atoms with Crippen molar-refractivity contribution in [3.05, 3.63) is 29.3 Å². The van der Waals surface area contributed by atoms with Crippen molar-refractivity contribution in [3.63, 3.8) is 0 Å². The summed E-state index contributed by atoms with van der Waals surface area (Å²) in [6, 6.07) is 0.862. The van der Waals surface area contributed by atoms with Gasteiger partial charge in [0.25, 0.3) is 0 Å². The Kier molecular flexibility index (Phi) is 5.04. The molecule has 0 spiro atoms. The lowest BCUT2D eigenvalue weighted by molar-refractivity contribution is -0.113. The van der Waals surface area contributed by atoms with Gasteiger partial charge < -0.3 is 9.88 Å². The van der Waals surface area contributed by atoms with E-state index in [0.717, 1.165) is 55.5 Å². The molecule has 0 bridgehead atoms. The van der Waals surface area contributed by atoms with E-state index in [9.17, 15) is 18.0 Å². The monoisotopic (exact) mass is 413 g/mol. The van der Waals surface area contributed by atoms with Crippen LogP contribution in [-0.2, 0) is 17.8 Å². The molecule has 1 aromatic carbocycles. The third-order valence-corrected chi connectivity index (χ3v) is 6.06. The topological polar surface area (TPSA) is 72.7 Å². The van der Waals surface area contributed by atoms with Crippen molar-refractivity contribution >= 4 is 44.4 Å². The average molecular weight is 413 g/mol. The van der Waals surface area contributed by atoms with Crippen molar-refractivity contribution in [3.8, 4) is 0 Å². The Morgan fingerprint density at radius 2 is 2.07 bits per heavy atom. The summed E-state index contributed by atoms with van der Waals surface area (Å²) in [7, 11) is 0. The van der Waals surface area contributed by atoms with Gasteiger partial charge in [-0.15, -0.1) is 10.2 Å². The molecule has 27 heavy (non-hydrogen) atoms. The highest BCUT2D eigenvalue weighted by Gasteiger charge is 2.19. The van der Waals surface area contributed by atoms with Crippen molar-refractivity contribution in [1.82, 2.24) is 19.7 Å². The minimum Gasteiger partial charge on any atom is -0.306 e. The highest BCUT2D eigenvalue weighted by atomic mass is 32.2. The fourth-order valence-corrected chi connectivity index (χ4v) is 4.57. The van der Waals surface area contributed by atoms with Gasteiger partial charge in [-0.3, -0.25) is 4.79 Å². The van der Waals surface area contributed by atoms with E-state index in [1.165, 1.54) is 11.8 Å². The molecule has 0 aliphatic carbocycles. The van der Waals surface area contributed by atoms with Crippen LogP contribution in [0.25, 0.3) is 10.2 Å². The van der Waals surface area contributed by atoms with Gasteiger partial charge >= 0.3 is 0 Å². The number of halogens is 3. The number of benzene rings is 1. The van der Waals surface area contributed by atoms with Gasteiger partial charge in [0.15, 0.2) is 27.7 Å². The molecule has 0 fully saturated rings. The van der Waals surface area contributed by atoms with Crippen LogP contribution in [0, 0.1) is 17.5 Å². The standard InChI is InChI=1S/C16H14F3N5OS2/c17-8-6-9-14(13(19)12(8)18)21-15(27-9)20-11(25)7-26-16-23-22-10-4-2-1-3-5-24(10)16/h6H,1-5,7H2,(H,20,21,25). The number of thioether (sulfide) groups is 1. The summed E-state index contributed by atoms with van der Waals surface area (Å²) in [4.78, 5) is 16.0. The Hall–Kier alpha value is -2.14. The Labute approximate surface area is 160 Å². The Morgan fingerprint density at radius 1 is 1.22 bits per heavy atom. The third-order valence-electron chi connectivity index (χ3n) is 4.18. The lowest BCUT2D eigenvalue weighted by atomic mass is 10.2. The van der Waals surface area contributed by atoms with Crippen LogP contribution < -0.4 is 5.32 Å². The van der Waals surface area contributed by atoms with Crippen LogP contribution in [0.1, 0.15) is 25.1 Å². The molecule has 6 nitrogen and oxygen atoms in total. The van der Waals surface area contributed by atoms with Gasteiger partial charge in [0.2, 0.25) is 5.91 Å². The van der Waals surface area contributed by atoms with E-state index >= 15 is 0 Å². The first kappa shape index (κ1) is 18.2. The number of aromatic nitrogens is 4. The second-order valence-electron chi connectivity index (χ2n) is 6.05. The number of amides is 1. The number of rotatable bonds is 4. The maximum Gasteiger partial charge on any atom is 0.236 e. The summed E-state index contributed by atoms with van der Waals surface area (Å²) in [5.74, 6) is -3.59. The third kappa shape index (κ3) is 3.65. The molecule has 1 N–H and O–H groups in total. The molecule has 3 aromatic rings. The summed E-state index contributed by atoms with van der Waals surface area (Å²) in [5.41, 5.74) is -0.301. The molecule has 11 heteroatoms. The SMILES string of the molecule is O=C(CSc1nnc2n1CCCCC2)Nc1nc2c(F)c(F)c(F)cc2s1. The molecular formula is C16H14F3N5OS2. The van der Waals surface area contributed by atoms with Crippen molar-refractivity contribution in [2.75, 3.05) is 11.1 Å². The molecule has 2 aromatic heterocycles. The van der Waals surface area contributed by atoms with Gasteiger partial charge in [-0.05, 0) is 18.9 Å². The maximum atomic E-state index is 13.7. The number of hydrogen-bond acceptors (Lipinski definition) is 6. The van der Waals surface area contributed by atoms with Gasteiger partial charge in [0, 0.05) is 13.0 Å². The summed E-state index contributed by atoms with van der Waals surface area (Å²) in [6.07, 6.45) is 4.15. The van der Waals surface area contributed by atoms with Crippen LogP contribution in [-0.4, -0.2) is 31.4 Å². The van der Waals surface area contributed by atoms with E-state index in [2.05, 4.69) is 20.5 Å². The first-order chi connectivity index (χ1) is 13.0. The Bertz CT molecular complexity index is 1020. The zero-order valence-electron chi connectivity index (χ0n) is 14.0. The summed E-state index contributed by atoms with van der Waals surface area (Å²) < 4.78 is 42.5. The fraction of sp³-hybridized carbons (Fsp3) is 0.375. The number of anilines is 1. The van der Waals surface area contributed by atoms with Gasteiger partial charge in [0.05, 0.1) is 10.5 Å². The minimum atomic E-state index is -1.58. The largest absolute Gasteiger partial charge is 0.306 e. The van der Waals surface area contributed by atoms with E-state index in [1.54, 1.807) is 0 Å². The summed E-state index contributed by atoms with van der Waals surface area (Å²) in [5, 5.41) is 11.6. The van der Waals surface area contributed by atoms with E-state index in [1.807, 2.05) is 4.57 Å². The lowest BCUT2D eigenvalue weighted by Gasteiger charge is -2.06. The highest BCUT2D eigenvalue weighted by molar-refractivity contribution is 7.99. The van der Waals surface area contributed by atoms with Crippen LogP contribution in [0.15, 0.2) is 11.2 Å². The molecule has 0 unspecified atom stereocenters. The van der Waals surface area contributed by atoms with Crippen LogP contribution in [0.3, 0.4) is 0 Å². The Balaban J connectivity index is 1.44. The highest BCUT2D eigenvalue weighted by Crippen LogP contribution is 2.30. The molecule has 1 aliphatic rings. The number of carbonyl (C=O) groups excluding carboxylic acids is 1. The second-order valence-corrected chi connectivity index (χ2v) is 8.02. The van der Waals surface area contributed by atoms with Gasteiger partial charge in [-0.2, -0.15) is 0 Å².